The quantitative estimate of drug-likeness (QED) is 0.776. The van der Waals surface area contributed by atoms with Crippen LogP contribution in [0.5, 0.6) is 5.75 Å². The van der Waals surface area contributed by atoms with Gasteiger partial charge in [-0.25, -0.2) is 8.42 Å². The predicted octanol–water partition coefficient (Wildman–Crippen LogP) is 3.00. The molecule has 7 heteroatoms. The number of ether oxygens (including phenoxy) is 1. The number of sulfonamides is 1. The van der Waals surface area contributed by atoms with E-state index in [0.717, 1.165) is 30.8 Å². The van der Waals surface area contributed by atoms with Crippen molar-refractivity contribution in [3.8, 4) is 5.75 Å². The van der Waals surface area contributed by atoms with Gasteiger partial charge in [0, 0.05) is 25.3 Å². The summed E-state index contributed by atoms with van der Waals surface area (Å²) in [6.07, 6.45) is 1.68. The molecule has 0 N–H and O–H groups in total. The molecule has 0 atom stereocenters. The highest BCUT2D eigenvalue weighted by Gasteiger charge is 2.31. The largest absolute Gasteiger partial charge is 0.492 e. The van der Waals surface area contributed by atoms with Crippen LogP contribution in [0.3, 0.4) is 0 Å². The molecule has 0 aliphatic carbocycles. The molecule has 1 saturated heterocycles. The zero-order valence-corrected chi connectivity index (χ0v) is 16.5. The highest BCUT2D eigenvalue weighted by Crippen LogP contribution is 2.30. The summed E-state index contributed by atoms with van der Waals surface area (Å²) >= 11 is 0. The first-order valence-corrected chi connectivity index (χ1v) is 10.6. The average Bonchev–Trinajstić information content (AvgIpc) is 2.93. The third-order valence-corrected chi connectivity index (χ3v) is 6.81. The molecule has 2 aromatic rings. The minimum absolute atomic E-state index is 0.263. The van der Waals surface area contributed by atoms with E-state index in [0.29, 0.717) is 31.4 Å². The fourth-order valence-corrected chi connectivity index (χ4v) is 5.12. The first kappa shape index (κ1) is 18.9. The van der Waals surface area contributed by atoms with Crippen molar-refractivity contribution in [3.63, 3.8) is 0 Å². The minimum atomic E-state index is -3.53. The van der Waals surface area contributed by atoms with Gasteiger partial charge in [0.15, 0.2) is 0 Å². The highest BCUT2D eigenvalue weighted by molar-refractivity contribution is 7.89. The van der Waals surface area contributed by atoms with Gasteiger partial charge in [-0.05, 0) is 57.7 Å². The topological polar surface area (TPSA) is 64.4 Å². The summed E-state index contributed by atoms with van der Waals surface area (Å²) in [7, 11) is -3.53. The van der Waals surface area contributed by atoms with Gasteiger partial charge in [0.1, 0.15) is 10.6 Å². The average molecular weight is 378 g/mol. The van der Waals surface area contributed by atoms with E-state index in [1.807, 2.05) is 18.5 Å². The number of rotatable bonds is 6. The van der Waals surface area contributed by atoms with E-state index in [2.05, 4.69) is 18.1 Å². The third-order valence-electron chi connectivity index (χ3n) is 4.87. The van der Waals surface area contributed by atoms with Crippen LogP contribution < -0.4 is 4.74 Å². The van der Waals surface area contributed by atoms with E-state index in [4.69, 9.17) is 4.74 Å². The lowest BCUT2D eigenvalue weighted by atomic mass is 9.98. The third kappa shape index (κ3) is 3.94. The molecule has 0 spiro atoms. The summed E-state index contributed by atoms with van der Waals surface area (Å²) in [5.41, 5.74) is 2.18. The highest BCUT2D eigenvalue weighted by atomic mass is 32.2. The fraction of sp³-hybridized carbons (Fsp3) is 0.526. The van der Waals surface area contributed by atoms with Crippen LogP contribution in [0.25, 0.3) is 0 Å². The van der Waals surface area contributed by atoms with E-state index in [1.165, 1.54) is 0 Å². The Morgan fingerprint density at radius 3 is 2.50 bits per heavy atom. The zero-order chi connectivity index (χ0) is 18.7. The molecule has 1 fully saturated rings. The van der Waals surface area contributed by atoms with Crippen molar-refractivity contribution in [3.05, 3.63) is 41.7 Å². The van der Waals surface area contributed by atoms with Crippen molar-refractivity contribution in [2.24, 2.45) is 5.92 Å². The second-order valence-corrected chi connectivity index (χ2v) is 8.74. The van der Waals surface area contributed by atoms with Gasteiger partial charge in [0.05, 0.1) is 12.3 Å². The summed E-state index contributed by atoms with van der Waals surface area (Å²) in [5, 5.41) is 4.52. The first-order valence-electron chi connectivity index (χ1n) is 9.15. The first-order chi connectivity index (χ1) is 12.4. The molecule has 1 aliphatic heterocycles. The number of nitrogens with zero attached hydrogens (tertiary/aromatic N) is 3. The smallest absolute Gasteiger partial charge is 0.246 e. The Bertz CT molecular complexity index is 853. The van der Waals surface area contributed by atoms with Gasteiger partial charge in [0.2, 0.25) is 10.0 Å². The SMILES string of the molecule is CCOc1ccccc1S(=O)(=O)N1CCC(Cn2nc(C)cc2C)CC1. The van der Waals surface area contributed by atoms with Crippen molar-refractivity contribution in [1.82, 2.24) is 14.1 Å². The van der Waals surface area contributed by atoms with Gasteiger partial charge < -0.3 is 4.74 Å². The number of hydrogen-bond acceptors (Lipinski definition) is 4. The monoisotopic (exact) mass is 377 g/mol. The molecule has 0 radical (unpaired) electrons. The molecule has 6 nitrogen and oxygen atoms in total. The van der Waals surface area contributed by atoms with Crippen LogP contribution in [0.15, 0.2) is 35.2 Å². The normalized spacial score (nSPS) is 16.7. The fourth-order valence-electron chi connectivity index (χ4n) is 3.51. The molecule has 3 rings (SSSR count). The number of benzene rings is 1. The molecular formula is C19H27N3O3S. The van der Waals surface area contributed by atoms with Crippen LogP contribution >= 0.6 is 0 Å². The standard InChI is InChI=1S/C19H27N3O3S/c1-4-25-18-7-5-6-8-19(18)26(23,24)21-11-9-17(10-12-21)14-22-16(3)13-15(2)20-22/h5-8,13,17H,4,9-12,14H2,1-3H3. The molecule has 1 aliphatic rings. The van der Waals surface area contributed by atoms with E-state index in [-0.39, 0.29) is 4.90 Å². The van der Waals surface area contributed by atoms with E-state index in [1.54, 1.807) is 28.6 Å². The lowest BCUT2D eigenvalue weighted by Gasteiger charge is -2.31. The molecule has 0 bridgehead atoms. The van der Waals surface area contributed by atoms with Crippen molar-refractivity contribution >= 4 is 10.0 Å². The number of piperidine rings is 1. The van der Waals surface area contributed by atoms with E-state index < -0.39 is 10.0 Å². The maximum Gasteiger partial charge on any atom is 0.246 e. The van der Waals surface area contributed by atoms with Crippen molar-refractivity contribution in [2.45, 2.75) is 45.1 Å². The van der Waals surface area contributed by atoms with Crippen molar-refractivity contribution < 1.29 is 13.2 Å². The lowest BCUT2D eigenvalue weighted by molar-refractivity contribution is 0.245. The van der Waals surface area contributed by atoms with Gasteiger partial charge in [0.25, 0.3) is 0 Å². The van der Waals surface area contributed by atoms with Crippen LogP contribution in [-0.2, 0) is 16.6 Å². The Hall–Kier alpha value is -1.86. The molecule has 0 saturated carbocycles. The molecule has 142 valence electrons. The predicted molar refractivity (Wildman–Crippen MR) is 101 cm³/mol. The van der Waals surface area contributed by atoms with Gasteiger partial charge in [-0.1, -0.05) is 12.1 Å². The van der Waals surface area contributed by atoms with Crippen LogP contribution in [0.1, 0.15) is 31.2 Å². The second-order valence-electron chi connectivity index (χ2n) is 6.84. The van der Waals surface area contributed by atoms with Crippen molar-refractivity contribution in [2.75, 3.05) is 19.7 Å². The Balaban J connectivity index is 1.68. The van der Waals surface area contributed by atoms with Crippen LogP contribution in [0.4, 0.5) is 0 Å². The summed E-state index contributed by atoms with van der Waals surface area (Å²) < 4.78 is 35.2. The molecule has 2 heterocycles. The number of hydrogen-bond donors (Lipinski definition) is 0. The molecule has 1 aromatic heterocycles. The zero-order valence-electron chi connectivity index (χ0n) is 15.7. The molecular weight excluding hydrogens is 350 g/mol. The molecule has 1 aromatic carbocycles. The van der Waals surface area contributed by atoms with E-state index >= 15 is 0 Å². The van der Waals surface area contributed by atoms with Crippen LogP contribution in [-0.4, -0.2) is 42.2 Å². The summed E-state index contributed by atoms with van der Waals surface area (Å²) in [4.78, 5) is 0.263. The molecule has 0 amide bonds. The number of para-hydroxylation sites is 1. The van der Waals surface area contributed by atoms with Gasteiger partial charge in [-0.3, -0.25) is 4.68 Å². The Labute approximate surface area is 155 Å². The summed E-state index contributed by atoms with van der Waals surface area (Å²) in [6.45, 7) is 8.27. The Morgan fingerprint density at radius 2 is 1.88 bits per heavy atom. The Kier molecular flexibility index (Phi) is 5.67. The number of aryl methyl sites for hydroxylation is 2. The number of aromatic nitrogens is 2. The minimum Gasteiger partial charge on any atom is -0.492 e. The van der Waals surface area contributed by atoms with Crippen LogP contribution in [0.2, 0.25) is 0 Å². The maximum atomic E-state index is 13.0. The van der Waals surface area contributed by atoms with Gasteiger partial charge >= 0.3 is 0 Å². The molecule has 26 heavy (non-hydrogen) atoms. The lowest BCUT2D eigenvalue weighted by Crippen LogP contribution is -2.39. The van der Waals surface area contributed by atoms with Crippen molar-refractivity contribution in [1.29, 1.82) is 0 Å². The molecule has 0 unspecified atom stereocenters. The van der Waals surface area contributed by atoms with Gasteiger partial charge in [-0.15, -0.1) is 0 Å². The maximum absolute atomic E-state index is 13.0. The van der Waals surface area contributed by atoms with E-state index in [9.17, 15) is 8.42 Å². The summed E-state index contributed by atoms with van der Waals surface area (Å²) in [6, 6.07) is 8.95. The Morgan fingerprint density at radius 1 is 1.19 bits per heavy atom. The van der Waals surface area contributed by atoms with Gasteiger partial charge in [-0.2, -0.15) is 9.40 Å². The van der Waals surface area contributed by atoms with Crippen LogP contribution in [0, 0.1) is 19.8 Å². The second kappa shape index (κ2) is 7.80. The summed E-state index contributed by atoms with van der Waals surface area (Å²) in [5.74, 6) is 0.876.